The summed E-state index contributed by atoms with van der Waals surface area (Å²) < 4.78 is 66.7. The normalized spacial score (nSPS) is 10.6. The Morgan fingerprint density at radius 1 is 0.867 bits per heavy atom. The molecular formula is C21H18F5NO3. The van der Waals surface area contributed by atoms with Crippen LogP contribution in [0, 0.1) is 29.1 Å². The molecule has 0 atom stereocenters. The highest BCUT2D eigenvalue weighted by atomic mass is 19.2. The zero-order valence-electron chi connectivity index (χ0n) is 16.0. The summed E-state index contributed by atoms with van der Waals surface area (Å²) in [5, 5.41) is 0.380. The van der Waals surface area contributed by atoms with Gasteiger partial charge in [-0.15, -0.1) is 0 Å². The third-order valence-electron chi connectivity index (χ3n) is 4.29. The van der Waals surface area contributed by atoms with E-state index in [1.807, 2.05) is 30.3 Å². The van der Waals surface area contributed by atoms with Crippen LogP contribution in [0.25, 0.3) is 0 Å². The van der Waals surface area contributed by atoms with E-state index in [2.05, 4.69) is 11.4 Å². The van der Waals surface area contributed by atoms with Crippen molar-refractivity contribution in [2.75, 3.05) is 7.05 Å². The molecule has 0 aliphatic carbocycles. The monoisotopic (exact) mass is 427 g/mol. The van der Waals surface area contributed by atoms with Gasteiger partial charge in [-0.2, -0.15) is 5.06 Å². The van der Waals surface area contributed by atoms with Crippen LogP contribution < -0.4 is 0 Å². The zero-order valence-corrected chi connectivity index (χ0v) is 16.0. The standard InChI is InChI=1S/C21H18F5NO3/c1-12(8-10-13-6-4-3-5-7-13)9-11-14(28)27(2)30-21(29)15-16(22)18(24)20(26)19(25)17(15)23/h3-7H,1,8-11H2,2H3. The van der Waals surface area contributed by atoms with E-state index in [1.165, 1.54) is 0 Å². The maximum Gasteiger partial charge on any atom is 0.369 e. The largest absolute Gasteiger partial charge is 0.369 e. The molecule has 9 heteroatoms. The second kappa shape index (κ2) is 10.00. The lowest BCUT2D eigenvalue weighted by Gasteiger charge is -2.17. The molecule has 0 aliphatic heterocycles. The Morgan fingerprint density at radius 3 is 1.97 bits per heavy atom. The molecule has 160 valence electrons. The molecule has 0 bridgehead atoms. The lowest BCUT2D eigenvalue weighted by Crippen LogP contribution is -2.31. The number of hydrogen-bond donors (Lipinski definition) is 0. The number of amides is 1. The van der Waals surface area contributed by atoms with Gasteiger partial charge in [0.05, 0.1) is 0 Å². The van der Waals surface area contributed by atoms with Gasteiger partial charge in [0.2, 0.25) is 5.82 Å². The molecule has 0 saturated carbocycles. The van der Waals surface area contributed by atoms with Crippen LogP contribution in [-0.4, -0.2) is 24.0 Å². The number of halogens is 5. The molecule has 0 unspecified atom stereocenters. The van der Waals surface area contributed by atoms with Crippen LogP contribution >= 0.6 is 0 Å². The van der Waals surface area contributed by atoms with Gasteiger partial charge in [0.15, 0.2) is 23.3 Å². The van der Waals surface area contributed by atoms with E-state index in [-0.39, 0.29) is 12.8 Å². The summed E-state index contributed by atoms with van der Waals surface area (Å²) in [6, 6.07) is 9.58. The van der Waals surface area contributed by atoms with Gasteiger partial charge in [-0.3, -0.25) is 4.79 Å². The summed E-state index contributed by atoms with van der Waals surface area (Å²) in [6.07, 6.45) is 1.47. The molecule has 0 aromatic heterocycles. The van der Waals surface area contributed by atoms with Gasteiger partial charge in [0.25, 0.3) is 5.91 Å². The molecule has 0 heterocycles. The number of hydrogen-bond acceptors (Lipinski definition) is 3. The fourth-order valence-corrected chi connectivity index (χ4v) is 2.54. The highest BCUT2D eigenvalue weighted by Crippen LogP contribution is 2.24. The molecule has 0 saturated heterocycles. The van der Waals surface area contributed by atoms with E-state index in [4.69, 9.17) is 0 Å². The SMILES string of the molecule is C=C(CCC(=O)N(C)OC(=O)c1c(F)c(F)c(F)c(F)c1F)CCc1ccccc1. The number of hydroxylamine groups is 2. The van der Waals surface area contributed by atoms with E-state index < -0.39 is 46.5 Å². The van der Waals surface area contributed by atoms with Crippen molar-refractivity contribution in [2.24, 2.45) is 0 Å². The van der Waals surface area contributed by atoms with E-state index in [0.717, 1.165) is 24.6 Å². The van der Waals surface area contributed by atoms with Gasteiger partial charge in [0, 0.05) is 13.5 Å². The van der Waals surface area contributed by atoms with E-state index >= 15 is 0 Å². The van der Waals surface area contributed by atoms with Crippen molar-refractivity contribution < 1.29 is 36.4 Å². The van der Waals surface area contributed by atoms with Crippen LogP contribution in [0.4, 0.5) is 22.0 Å². The average Bonchev–Trinajstić information content (AvgIpc) is 2.73. The van der Waals surface area contributed by atoms with Gasteiger partial charge < -0.3 is 4.84 Å². The first-order valence-electron chi connectivity index (χ1n) is 8.84. The van der Waals surface area contributed by atoms with Crippen LogP contribution in [0.1, 0.15) is 35.2 Å². The Balaban J connectivity index is 1.91. The first kappa shape index (κ1) is 23.1. The molecule has 0 radical (unpaired) electrons. The fourth-order valence-electron chi connectivity index (χ4n) is 2.54. The number of allylic oxidation sites excluding steroid dienone is 1. The van der Waals surface area contributed by atoms with Crippen molar-refractivity contribution >= 4 is 11.9 Å². The van der Waals surface area contributed by atoms with Crippen molar-refractivity contribution in [1.29, 1.82) is 0 Å². The van der Waals surface area contributed by atoms with Crippen molar-refractivity contribution in [2.45, 2.75) is 25.7 Å². The van der Waals surface area contributed by atoms with Crippen LogP contribution in [0.15, 0.2) is 42.5 Å². The van der Waals surface area contributed by atoms with Crippen LogP contribution in [-0.2, 0) is 16.1 Å². The molecule has 0 fully saturated rings. The first-order valence-corrected chi connectivity index (χ1v) is 8.84. The predicted molar refractivity (Wildman–Crippen MR) is 97.6 cm³/mol. The molecule has 2 rings (SSSR count). The van der Waals surface area contributed by atoms with Crippen molar-refractivity contribution in [3.63, 3.8) is 0 Å². The second-order valence-electron chi connectivity index (χ2n) is 6.45. The van der Waals surface area contributed by atoms with Gasteiger partial charge in [-0.25, -0.2) is 26.7 Å². The summed E-state index contributed by atoms with van der Waals surface area (Å²) in [4.78, 5) is 28.4. The quantitative estimate of drug-likeness (QED) is 0.208. The zero-order chi connectivity index (χ0) is 22.4. The summed E-state index contributed by atoms with van der Waals surface area (Å²) in [6.45, 7) is 3.86. The number of nitrogens with zero attached hydrogens (tertiary/aromatic N) is 1. The number of carbonyl (C=O) groups is 2. The van der Waals surface area contributed by atoms with Gasteiger partial charge >= 0.3 is 5.97 Å². The van der Waals surface area contributed by atoms with Gasteiger partial charge in [-0.1, -0.05) is 42.5 Å². The Kier molecular flexibility index (Phi) is 7.68. The minimum absolute atomic E-state index is 0.130. The van der Waals surface area contributed by atoms with Gasteiger partial charge in [-0.05, 0) is 24.8 Å². The lowest BCUT2D eigenvalue weighted by atomic mass is 10.0. The second-order valence-corrected chi connectivity index (χ2v) is 6.45. The molecule has 0 aliphatic rings. The minimum atomic E-state index is -2.40. The van der Waals surface area contributed by atoms with Crippen molar-refractivity contribution in [3.8, 4) is 0 Å². The van der Waals surface area contributed by atoms with E-state index in [1.54, 1.807) is 0 Å². The number of carbonyl (C=O) groups excluding carboxylic acids is 2. The van der Waals surface area contributed by atoms with Crippen LogP contribution in [0.5, 0.6) is 0 Å². The molecule has 0 N–H and O–H groups in total. The maximum atomic E-state index is 13.6. The molecular weight excluding hydrogens is 409 g/mol. The molecule has 1 amide bonds. The Bertz CT molecular complexity index is 934. The van der Waals surface area contributed by atoms with Crippen LogP contribution in [0.2, 0.25) is 0 Å². The first-order chi connectivity index (χ1) is 14.1. The Morgan fingerprint density at radius 2 is 1.40 bits per heavy atom. The molecule has 4 nitrogen and oxygen atoms in total. The summed E-state index contributed by atoms with van der Waals surface area (Å²) in [7, 11) is 0.985. The van der Waals surface area contributed by atoms with Crippen LogP contribution in [0.3, 0.4) is 0 Å². The summed E-state index contributed by atoms with van der Waals surface area (Å²) in [5.41, 5.74) is 0.0730. The Labute approximate surface area is 169 Å². The highest BCUT2D eigenvalue weighted by Gasteiger charge is 2.32. The molecule has 2 aromatic carbocycles. The fraction of sp³-hybridized carbons (Fsp3) is 0.238. The van der Waals surface area contributed by atoms with E-state index in [0.29, 0.717) is 11.5 Å². The maximum absolute atomic E-state index is 13.6. The summed E-state index contributed by atoms with van der Waals surface area (Å²) >= 11 is 0. The van der Waals surface area contributed by atoms with Crippen molar-refractivity contribution in [3.05, 3.63) is 82.7 Å². The van der Waals surface area contributed by atoms with Gasteiger partial charge in [0.1, 0.15) is 5.56 Å². The summed E-state index contributed by atoms with van der Waals surface area (Å²) in [5.74, 6) is -14.3. The lowest BCUT2D eigenvalue weighted by molar-refractivity contribution is -0.161. The topological polar surface area (TPSA) is 46.6 Å². The highest BCUT2D eigenvalue weighted by molar-refractivity contribution is 5.91. The molecule has 30 heavy (non-hydrogen) atoms. The molecule has 2 aromatic rings. The Hall–Kier alpha value is -3.23. The third-order valence-corrected chi connectivity index (χ3v) is 4.29. The smallest absolute Gasteiger partial charge is 0.333 e. The molecule has 0 spiro atoms. The number of benzene rings is 2. The number of aryl methyl sites for hydroxylation is 1. The average molecular weight is 427 g/mol. The van der Waals surface area contributed by atoms with E-state index in [9.17, 15) is 31.5 Å². The predicted octanol–water partition coefficient (Wildman–Crippen LogP) is 4.88. The number of rotatable bonds is 7. The third kappa shape index (κ3) is 5.43. The minimum Gasteiger partial charge on any atom is -0.333 e. The van der Waals surface area contributed by atoms with Crippen molar-refractivity contribution in [1.82, 2.24) is 5.06 Å².